The molecule has 136 valence electrons. The highest BCUT2D eigenvalue weighted by Crippen LogP contribution is 2.33. The van der Waals surface area contributed by atoms with Gasteiger partial charge in [0.25, 0.3) is 0 Å². The standard InChI is InChI=1S/C19H19ClN2O4/c1-25-13-7-8-15(17(10-13)26-2)21-19(24)12-9-18(23)22(11-12)16-6-4-3-5-14(16)20/h3-8,10,12H,9,11H2,1-2H3,(H,21,24)/t12-/m1/s1. The minimum atomic E-state index is -0.467. The number of hydrogen-bond donors (Lipinski definition) is 1. The normalized spacial score (nSPS) is 16.5. The van der Waals surface area contributed by atoms with Gasteiger partial charge < -0.3 is 19.7 Å². The molecule has 1 atom stereocenters. The molecule has 1 heterocycles. The van der Waals surface area contributed by atoms with Crippen LogP contribution < -0.4 is 19.7 Å². The van der Waals surface area contributed by atoms with Gasteiger partial charge >= 0.3 is 0 Å². The highest BCUT2D eigenvalue weighted by atomic mass is 35.5. The fourth-order valence-corrected chi connectivity index (χ4v) is 3.16. The summed E-state index contributed by atoms with van der Waals surface area (Å²) in [6.07, 6.45) is 0.134. The second kappa shape index (κ2) is 7.66. The summed E-state index contributed by atoms with van der Waals surface area (Å²) in [5, 5.41) is 3.32. The molecule has 7 heteroatoms. The topological polar surface area (TPSA) is 67.9 Å². The van der Waals surface area contributed by atoms with Crippen LogP contribution in [0, 0.1) is 5.92 Å². The van der Waals surface area contributed by atoms with Crippen LogP contribution in [0.2, 0.25) is 5.02 Å². The lowest BCUT2D eigenvalue weighted by Gasteiger charge is -2.18. The van der Waals surface area contributed by atoms with Gasteiger partial charge in [-0.15, -0.1) is 0 Å². The zero-order valence-corrected chi connectivity index (χ0v) is 15.2. The van der Waals surface area contributed by atoms with Crippen LogP contribution in [0.25, 0.3) is 0 Å². The van der Waals surface area contributed by atoms with Gasteiger partial charge in [-0.1, -0.05) is 23.7 Å². The number of nitrogens with one attached hydrogen (secondary N) is 1. The van der Waals surface area contributed by atoms with Crippen molar-refractivity contribution in [2.75, 3.05) is 31.0 Å². The number of amides is 2. The Balaban J connectivity index is 1.74. The van der Waals surface area contributed by atoms with Gasteiger partial charge in [-0.2, -0.15) is 0 Å². The summed E-state index contributed by atoms with van der Waals surface area (Å²) < 4.78 is 10.4. The van der Waals surface area contributed by atoms with E-state index in [1.165, 1.54) is 7.11 Å². The summed E-state index contributed by atoms with van der Waals surface area (Å²) in [7, 11) is 3.07. The van der Waals surface area contributed by atoms with Gasteiger partial charge in [-0.25, -0.2) is 0 Å². The van der Waals surface area contributed by atoms with Crippen molar-refractivity contribution in [3.05, 3.63) is 47.5 Å². The molecule has 3 rings (SSSR count). The lowest BCUT2D eigenvalue weighted by atomic mass is 10.1. The number of carbonyl (C=O) groups excluding carboxylic acids is 2. The number of rotatable bonds is 5. The van der Waals surface area contributed by atoms with Crippen LogP contribution >= 0.6 is 11.6 Å². The lowest BCUT2D eigenvalue weighted by molar-refractivity contribution is -0.122. The number of para-hydroxylation sites is 1. The largest absolute Gasteiger partial charge is 0.497 e. The SMILES string of the molecule is COc1ccc(NC(=O)[C@@H]2CC(=O)N(c3ccccc3Cl)C2)c(OC)c1. The van der Waals surface area contributed by atoms with E-state index < -0.39 is 5.92 Å². The second-order valence-corrected chi connectivity index (χ2v) is 6.32. The monoisotopic (exact) mass is 374 g/mol. The predicted octanol–water partition coefficient (Wildman–Crippen LogP) is 3.35. The molecule has 1 saturated heterocycles. The summed E-state index contributed by atoms with van der Waals surface area (Å²) in [6.45, 7) is 0.285. The maximum atomic E-state index is 12.6. The molecular formula is C19H19ClN2O4. The van der Waals surface area contributed by atoms with Crippen LogP contribution in [-0.4, -0.2) is 32.6 Å². The molecule has 2 aromatic carbocycles. The summed E-state index contributed by atoms with van der Waals surface area (Å²) in [6, 6.07) is 12.2. The van der Waals surface area contributed by atoms with Crippen LogP contribution in [0.4, 0.5) is 11.4 Å². The van der Waals surface area contributed by atoms with Crippen molar-refractivity contribution in [1.29, 1.82) is 0 Å². The first kappa shape index (κ1) is 18.1. The Hall–Kier alpha value is -2.73. The number of anilines is 2. The fourth-order valence-electron chi connectivity index (χ4n) is 2.92. The third-order valence-electron chi connectivity index (χ3n) is 4.31. The average molecular weight is 375 g/mol. The molecule has 0 aliphatic carbocycles. The Morgan fingerprint density at radius 3 is 2.65 bits per heavy atom. The van der Waals surface area contributed by atoms with Crippen LogP contribution in [-0.2, 0) is 9.59 Å². The smallest absolute Gasteiger partial charge is 0.229 e. The highest BCUT2D eigenvalue weighted by molar-refractivity contribution is 6.33. The van der Waals surface area contributed by atoms with E-state index in [0.717, 1.165) is 0 Å². The van der Waals surface area contributed by atoms with E-state index in [0.29, 0.717) is 27.9 Å². The molecule has 2 aromatic rings. The molecule has 0 spiro atoms. The van der Waals surface area contributed by atoms with Crippen molar-refractivity contribution in [1.82, 2.24) is 0 Å². The summed E-state index contributed by atoms with van der Waals surface area (Å²) in [5.41, 5.74) is 1.15. The van der Waals surface area contributed by atoms with Crippen molar-refractivity contribution in [3.8, 4) is 11.5 Å². The molecule has 1 N–H and O–H groups in total. The van der Waals surface area contributed by atoms with Gasteiger partial charge in [0.2, 0.25) is 11.8 Å². The first-order valence-corrected chi connectivity index (χ1v) is 8.49. The number of hydrogen-bond acceptors (Lipinski definition) is 4. The molecule has 1 aliphatic heterocycles. The average Bonchev–Trinajstić information content (AvgIpc) is 3.04. The molecule has 1 fully saturated rings. The van der Waals surface area contributed by atoms with E-state index in [-0.39, 0.29) is 24.8 Å². The van der Waals surface area contributed by atoms with Gasteiger partial charge in [0, 0.05) is 19.0 Å². The summed E-state index contributed by atoms with van der Waals surface area (Å²) >= 11 is 6.17. The fraction of sp³-hybridized carbons (Fsp3) is 0.263. The molecular weight excluding hydrogens is 356 g/mol. The Morgan fingerprint density at radius 2 is 1.96 bits per heavy atom. The number of benzene rings is 2. The van der Waals surface area contributed by atoms with Gasteiger partial charge in [0.15, 0.2) is 0 Å². The van der Waals surface area contributed by atoms with Gasteiger partial charge in [0.1, 0.15) is 11.5 Å². The van der Waals surface area contributed by atoms with Crippen molar-refractivity contribution in [3.63, 3.8) is 0 Å². The van der Waals surface area contributed by atoms with E-state index in [4.69, 9.17) is 21.1 Å². The quantitative estimate of drug-likeness (QED) is 0.871. The van der Waals surface area contributed by atoms with E-state index >= 15 is 0 Å². The molecule has 6 nitrogen and oxygen atoms in total. The lowest BCUT2D eigenvalue weighted by Crippen LogP contribution is -2.28. The van der Waals surface area contributed by atoms with E-state index in [2.05, 4.69) is 5.32 Å². The van der Waals surface area contributed by atoms with Crippen LogP contribution in [0.1, 0.15) is 6.42 Å². The Labute approximate surface area is 156 Å². The Bertz CT molecular complexity index is 840. The molecule has 2 amide bonds. The van der Waals surface area contributed by atoms with Gasteiger partial charge in [-0.05, 0) is 24.3 Å². The minimum Gasteiger partial charge on any atom is -0.497 e. The first-order chi connectivity index (χ1) is 12.5. The summed E-state index contributed by atoms with van der Waals surface area (Å²) in [5.74, 6) is 0.285. The molecule has 1 aliphatic rings. The van der Waals surface area contributed by atoms with Crippen LogP contribution in [0.3, 0.4) is 0 Å². The molecule has 26 heavy (non-hydrogen) atoms. The first-order valence-electron chi connectivity index (χ1n) is 8.11. The van der Waals surface area contributed by atoms with E-state index in [9.17, 15) is 9.59 Å². The van der Waals surface area contributed by atoms with Crippen molar-refractivity contribution in [2.45, 2.75) is 6.42 Å². The molecule has 0 radical (unpaired) electrons. The molecule has 0 aromatic heterocycles. The number of ether oxygens (including phenoxy) is 2. The number of halogens is 1. The van der Waals surface area contributed by atoms with Crippen molar-refractivity contribution in [2.24, 2.45) is 5.92 Å². The van der Waals surface area contributed by atoms with Crippen molar-refractivity contribution < 1.29 is 19.1 Å². The van der Waals surface area contributed by atoms with Gasteiger partial charge in [0.05, 0.1) is 36.5 Å². The number of carbonyl (C=O) groups is 2. The maximum absolute atomic E-state index is 12.6. The number of nitrogens with zero attached hydrogens (tertiary/aromatic N) is 1. The zero-order valence-electron chi connectivity index (χ0n) is 14.5. The van der Waals surface area contributed by atoms with Crippen LogP contribution in [0.15, 0.2) is 42.5 Å². The predicted molar refractivity (Wildman–Crippen MR) is 100 cm³/mol. The zero-order chi connectivity index (χ0) is 18.7. The van der Waals surface area contributed by atoms with Crippen molar-refractivity contribution >= 4 is 34.8 Å². The van der Waals surface area contributed by atoms with Gasteiger partial charge in [-0.3, -0.25) is 9.59 Å². The molecule has 0 bridgehead atoms. The summed E-state index contributed by atoms with van der Waals surface area (Å²) in [4.78, 5) is 26.5. The Kier molecular flexibility index (Phi) is 5.32. The van der Waals surface area contributed by atoms with E-state index in [1.54, 1.807) is 48.4 Å². The van der Waals surface area contributed by atoms with Crippen LogP contribution in [0.5, 0.6) is 11.5 Å². The maximum Gasteiger partial charge on any atom is 0.229 e. The minimum absolute atomic E-state index is 0.125. The second-order valence-electron chi connectivity index (χ2n) is 5.91. The number of methoxy groups -OCH3 is 2. The molecule has 0 saturated carbocycles. The highest BCUT2D eigenvalue weighted by Gasteiger charge is 2.36. The molecule has 0 unspecified atom stereocenters. The van der Waals surface area contributed by atoms with E-state index in [1.807, 2.05) is 6.07 Å². The third kappa shape index (κ3) is 3.60. The third-order valence-corrected chi connectivity index (χ3v) is 4.63. The Morgan fingerprint density at radius 1 is 1.19 bits per heavy atom.